The van der Waals surface area contributed by atoms with Crippen LogP contribution in [0.15, 0.2) is 82.6 Å². The molecule has 0 radical (unpaired) electrons. The zero-order valence-electron chi connectivity index (χ0n) is 16.5. The summed E-state index contributed by atoms with van der Waals surface area (Å²) in [6.07, 6.45) is 1.66. The number of rotatable bonds is 6. The van der Waals surface area contributed by atoms with Crippen molar-refractivity contribution in [2.24, 2.45) is 0 Å². The number of nitrogens with one attached hydrogen (secondary N) is 2. The van der Waals surface area contributed by atoms with Crippen molar-refractivity contribution in [3.8, 4) is 0 Å². The number of anilines is 1. The van der Waals surface area contributed by atoms with Gasteiger partial charge < -0.3 is 5.32 Å². The van der Waals surface area contributed by atoms with Crippen LogP contribution in [-0.4, -0.2) is 35.6 Å². The van der Waals surface area contributed by atoms with E-state index in [9.17, 15) is 18.0 Å². The number of pyridine rings is 1. The molecule has 4 rings (SSSR count). The second-order valence-electron chi connectivity index (χ2n) is 6.76. The average molecular weight is 437 g/mol. The molecule has 9 nitrogen and oxygen atoms in total. The molecule has 0 atom stereocenters. The molecule has 31 heavy (non-hydrogen) atoms. The zero-order valence-corrected chi connectivity index (χ0v) is 17.3. The SMILES string of the molecule is CNS(=O)(=O)c1ccc(C(=O)Nc2cccc(Cn3nc4ccccn4c3=O)c2)cc1. The van der Waals surface area contributed by atoms with Crippen LogP contribution in [0, 0.1) is 0 Å². The van der Waals surface area contributed by atoms with Crippen LogP contribution in [0.25, 0.3) is 5.65 Å². The molecule has 1 amide bonds. The standard InChI is InChI=1S/C21H19N5O4S/c1-22-31(29,30)18-10-8-16(9-11-18)20(27)23-17-6-4-5-15(13-17)14-26-21(28)25-12-3-2-7-19(25)24-26/h2-13,22H,14H2,1H3,(H,23,27). The molecule has 0 unspecified atom stereocenters. The van der Waals surface area contributed by atoms with Gasteiger partial charge in [0, 0.05) is 17.4 Å². The van der Waals surface area contributed by atoms with E-state index in [-0.39, 0.29) is 23.0 Å². The Kier molecular flexibility index (Phi) is 5.40. The highest BCUT2D eigenvalue weighted by Crippen LogP contribution is 2.15. The smallest absolute Gasteiger partial charge is 0.322 e. The largest absolute Gasteiger partial charge is 0.350 e. The Morgan fingerprint density at radius 3 is 2.52 bits per heavy atom. The molecule has 2 N–H and O–H groups in total. The summed E-state index contributed by atoms with van der Waals surface area (Å²) in [5.74, 6) is -0.379. The van der Waals surface area contributed by atoms with E-state index in [4.69, 9.17) is 0 Å². The summed E-state index contributed by atoms with van der Waals surface area (Å²) in [5, 5.41) is 7.09. The lowest BCUT2D eigenvalue weighted by Crippen LogP contribution is -2.21. The molecule has 0 aliphatic carbocycles. The Hall–Kier alpha value is -3.76. The molecule has 0 spiro atoms. The van der Waals surface area contributed by atoms with Crippen LogP contribution >= 0.6 is 0 Å². The van der Waals surface area contributed by atoms with Crippen LogP contribution < -0.4 is 15.7 Å². The summed E-state index contributed by atoms with van der Waals surface area (Å²) in [6.45, 7) is 0.251. The van der Waals surface area contributed by atoms with Gasteiger partial charge in [0.2, 0.25) is 10.0 Å². The van der Waals surface area contributed by atoms with E-state index in [0.29, 0.717) is 16.9 Å². The minimum Gasteiger partial charge on any atom is -0.322 e. The van der Waals surface area contributed by atoms with Gasteiger partial charge in [-0.3, -0.25) is 9.20 Å². The fraction of sp³-hybridized carbons (Fsp3) is 0.0952. The Morgan fingerprint density at radius 2 is 1.81 bits per heavy atom. The third-order valence-corrected chi connectivity index (χ3v) is 6.13. The van der Waals surface area contributed by atoms with Gasteiger partial charge in [-0.05, 0) is 61.1 Å². The highest BCUT2D eigenvalue weighted by molar-refractivity contribution is 7.89. The maximum absolute atomic E-state index is 12.5. The minimum absolute atomic E-state index is 0.0754. The summed E-state index contributed by atoms with van der Waals surface area (Å²) in [4.78, 5) is 25.1. The molecule has 0 bridgehead atoms. The summed E-state index contributed by atoms with van der Waals surface area (Å²) in [6, 6.07) is 18.0. The molecule has 158 valence electrons. The van der Waals surface area contributed by atoms with Crippen LogP contribution in [0.3, 0.4) is 0 Å². The Bertz CT molecular complexity index is 1420. The Morgan fingerprint density at radius 1 is 1.03 bits per heavy atom. The van der Waals surface area contributed by atoms with Crippen LogP contribution in [0.4, 0.5) is 5.69 Å². The number of carbonyl (C=O) groups is 1. The van der Waals surface area contributed by atoms with E-state index in [0.717, 1.165) is 5.56 Å². The maximum Gasteiger partial charge on any atom is 0.350 e. The number of benzene rings is 2. The van der Waals surface area contributed by atoms with Crippen molar-refractivity contribution in [2.75, 3.05) is 12.4 Å². The van der Waals surface area contributed by atoms with Crippen molar-refractivity contribution in [3.05, 3.63) is 94.5 Å². The fourth-order valence-electron chi connectivity index (χ4n) is 3.10. The molecular weight excluding hydrogens is 418 g/mol. The van der Waals surface area contributed by atoms with Crippen LogP contribution in [0.5, 0.6) is 0 Å². The topological polar surface area (TPSA) is 115 Å². The number of hydrogen-bond acceptors (Lipinski definition) is 5. The van der Waals surface area contributed by atoms with Crippen molar-refractivity contribution in [2.45, 2.75) is 11.4 Å². The summed E-state index contributed by atoms with van der Waals surface area (Å²) < 4.78 is 28.6. The van der Waals surface area contributed by atoms with Gasteiger partial charge in [0.1, 0.15) is 0 Å². The summed E-state index contributed by atoms with van der Waals surface area (Å²) in [7, 11) is -2.24. The Labute approximate surface area is 178 Å². The molecule has 0 fully saturated rings. The first kappa shape index (κ1) is 20.5. The molecule has 10 heteroatoms. The van der Waals surface area contributed by atoms with Crippen molar-refractivity contribution in [3.63, 3.8) is 0 Å². The quantitative estimate of drug-likeness (QED) is 0.477. The molecular formula is C21H19N5O4S. The van der Waals surface area contributed by atoms with E-state index in [1.54, 1.807) is 36.5 Å². The van der Waals surface area contributed by atoms with E-state index >= 15 is 0 Å². The lowest BCUT2D eigenvalue weighted by atomic mass is 10.1. The number of aromatic nitrogens is 3. The third kappa shape index (κ3) is 4.25. The number of fused-ring (bicyclic) bond motifs is 1. The first-order chi connectivity index (χ1) is 14.9. The first-order valence-corrected chi connectivity index (χ1v) is 10.8. The van der Waals surface area contributed by atoms with Gasteiger partial charge in [-0.1, -0.05) is 18.2 Å². The predicted molar refractivity (Wildman–Crippen MR) is 116 cm³/mol. The van der Waals surface area contributed by atoms with Gasteiger partial charge >= 0.3 is 5.69 Å². The fourth-order valence-corrected chi connectivity index (χ4v) is 3.83. The molecule has 0 saturated carbocycles. The summed E-state index contributed by atoms with van der Waals surface area (Å²) >= 11 is 0. The molecule has 0 saturated heterocycles. The Balaban J connectivity index is 1.51. The van der Waals surface area contributed by atoms with Crippen molar-refractivity contribution < 1.29 is 13.2 Å². The van der Waals surface area contributed by atoms with Crippen LogP contribution in [0.1, 0.15) is 15.9 Å². The number of amides is 1. The van der Waals surface area contributed by atoms with E-state index in [1.807, 2.05) is 12.1 Å². The lowest BCUT2D eigenvalue weighted by Gasteiger charge is -2.08. The molecule has 0 aliphatic heterocycles. The third-order valence-electron chi connectivity index (χ3n) is 4.70. The maximum atomic E-state index is 12.5. The van der Waals surface area contributed by atoms with E-state index in [2.05, 4.69) is 15.1 Å². The second kappa shape index (κ2) is 8.17. The second-order valence-corrected chi connectivity index (χ2v) is 8.64. The van der Waals surface area contributed by atoms with Gasteiger partial charge in [0.05, 0.1) is 11.4 Å². The zero-order chi connectivity index (χ0) is 22.0. The van der Waals surface area contributed by atoms with Gasteiger partial charge in [-0.2, -0.15) is 0 Å². The normalized spacial score (nSPS) is 11.5. The monoisotopic (exact) mass is 437 g/mol. The van der Waals surface area contributed by atoms with Gasteiger partial charge in [-0.15, -0.1) is 5.10 Å². The predicted octanol–water partition coefficient (Wildman–Crippen LogP) is 1.70. The van der Waals surface area contributed by atoms with Gasteiger partial charge in [-0.25, -0.2) is 22.6 Å². The summed E-state index contributed by atoms with van der Waals surface area (Å²) in [5.41, 5.74) is 1.96. The molecule has 4 aromatic rings. The van der Waals surface area contributed by atoms with Gasteiger partial charge in [0.15, 0.2) is 5.65 Å². The number of carbonyl (C=O) groups excluding carboxylic acids is 1. The highest BCUT2D eigenvalue weighted by Gasteiger charge is 2.13. The highest BCUT2D eigenvalue weighted by atomic mass is 32.2. The first-order valence-electron chi connectivity index (χ1n) is 9.35. The lowest BCUT2D eigenvalue weighted by molar-refractivity contribution is 0.102. The molecule has 2 heterocycles. The average Bonchev–Trinajstić information content (AvgIpc) is 3.09. The molecule has 0 aliphatic rings. The van der Waals surface area contributed by atoms with E-state index < -0.39 is 10.0 Å². The number of hydrogen-bond donors (Lipinski definition) is 2. The number of nitrogens with zero attached hydrogens (tertiary/aromatic N) is 3. The molecule has 2 aromatic carbocycles. The van der Waals surface area contributed by atoms with Crippen LogP contribution in [-0.2, 0) is 16.6 Å². The van der Waals surface area contributed by atoms with Gasteiger partial charge in [0.25, 0.3) is 5.91 Å². The molecule has 2 aromatic heterocycles. The van der Waals surface area contributed by atoms with Crippen molar-refractivity contribution in [1.29, 1.82) is 0 Å². The van der Waals surface area contributed by atoms with Crippen LogP contribution in [0.2, 0.25) is 0 Å². The number of sulfonamides is 1. The van der Waals surface area contributed by atoms with E-state index in [1.165, 1.54) is 40.4 Å². The minimum atomic E-state index is -3.57. The van der Waals surface area contributed by atoms with Crippen molar-refractivity contribution in [1.82, 2.24) is 18.9 Å². The van der Waals surface area contributed by atoms with Crippen molar-refractivity contribution >= 4 is 27.3 Å².